The fraction of sp³-hybridized carbons (Fsp3) is 0.250. The second kappa shape index (κ2) is 5.74. The van der Waals surface area contributed by atoms with Gasteiger partial charge in [-0.3, -0.25) is 9.48 Å². The SMILES string of the molecule is O=C(/C=C/c1cnn(Cc2ccccc2)c1)N1CCC1. The molecule has 3 rings (SSSR count). The Morgan fingerprint density at radius 1 is 1.25 bits per heavy atom. The smallest absolute Gasteiger partial charge is 0.246 e. The Balaban J connectivity index is 1.61. The highest BCUT2D eigenvalue weighted by Crippen LogP contribution is 2.09. The van der Waals surface area contributed by atoms with Gasteiger partial charge in [-0.05, 0) is 18.1 Å². The van der Waals surface area contributed by atoms with Crippen LogP contribution in [0.15, 0.2) is 48.8 Å². The molecule has 4 nitrogen and oxygen atoms in total. The van der Waals surface area contributed by atoms with Gasteiger partial charge in [0.2, 0.25) is 5.91 Å². The van der Waals surface area contributed by atoms with Crippen molar-refractivity contribution in [1.29, 1.82) is 0 Å². The first kappa shape index (κ1) is 12.7. The molecule has 0 aliphatic carbocycles. The highest BCUT2D eigenvalue weighted by molar-refractivity contribution is 5.92. The van der Waals surface area contributed by atoms with Crippen molar-refractivity contribution in [2.45, 2.75) is 13.0 Å². The zero-order valence-corrected chi connectivity index (χ0v) is 11.3. The van der Waals surface area contributed by atoms with Gasteiger partial charge in [-0.2, -0.15) is 5.10 Å². The molecule has 1 aromatic heterocycles. The Labute approximate surface area is 118 Å². The molecule has 1 aliphatic heterocycles. The fourth-order valence-electron chi connectivity index (χ4n) is 2.13. The van der Waals surface area contributed by atoms with Crippen molar-refractivity contribution < 1.29 is 4.79 Å². The lowest BCUT2D eigenvalue weighted by Crippen LogP contribution is -2.40. The number of amides is 1. The molecular weight excluding hydrogens is 250 g/mol. The Morgan fingerprint density at radius 3 is 2.75 bits per heavy atom. The molecule has 1 aromatic carbocycles. The molecule has 0 unspecified atom stereocenters. The van der Waals surface area contributed by atoms with Gasteiger partial charge in [0.25, 0.3) is 0 Å². The summed E-state index contributed by atoms with van der Waals surface area (Å²) in [5, 5.41) is 4.31. The summed E-state index contributed by atoms with van der Waals surface area (Å²) in [5.41, 5.74) is 2.16. The molecule has 0 N–H and O–H groups in total. The van der Waals surface area contributed by atoms with Gasteiger partial charge >= 0.3 is 0 Å². The van der Waals surface area contributed by atoms with E-state index in [2.05, 4.69) is 17.2 Å². The molecule has 0 atom stereocenters. The Kier molecular flexibility index (Phi) is 3.63. The van der Waals surface area contributed by atoms with Crippen molar-refractivity contribution in [1.82, 2.24) is 14.7 Å². The zero-order valence-electron chi connectivity index (χ0n) is 11.3. The Hall–Kier alpha value is -2.36. The van der Waals surface area contributed by atoms with Gasteiger partial charge in [-0.1, -0.05) is 30.3 Å². The van der Waals surface area contributed by atoms with Crippen molar-refractivity contribution >= 4 is 12.0 Å². The van der Waals surface area contributed by atoms with Crippen LogP contribution in [0.2, 0.25) is 0 Å². The van der Waals surface area contributed by atoms with Gasteiger partial charge in [0.05, 0.1) is 12.7 Å². The van der Waals surface area contributed by atoms with Gasteiger partial charge in [0.1, 0.15) is 0 Å². The minimum absolute atomic E-state index is 0.0899. The molecule has 0 radical (unpaired) electrons. The second-order valence-corrected chi connectivity index (χ2v) is 4.97. The van der Waals surface area contributed by atoms with Gasteiger partial charge < -0.3 is 4.90 Å². The van der Waals surface area contributed by atoms with E-state index in [9.17, 15) is 4.79 Å². The van der Waals surface area contributed by atoms with E-state index in [1.165, 1.54) is 5.56 Å². The Morgan fingerprint density at radius 2 is 2.05 bits per heavy atom. The van der Waals surface area contributed by atoms with Crippen LogP contribution in [-0.4, -0.2) is 33.7 Å². The molecule has 1 saturated heterocycles. The van der Waals surface area contributed by atoms with Gasteiger partial charge in [0.15, 0.2) is 0 Å². The number of likely N-dealkylation sites (tertiary alicyclic amines) is 1. The van der Waals surface area contributed by atoms with Gasteiger partial charge in [-0.15, -0.1) is 0 Å². The van der Waals surface area contributed by atoms with Crippen molar-refractivity contribution in [3.8, 4) is 0 Å². The number of carbonyl (C=O) groups excluding carboxylic acids is 1. The fourth-order valence-corrected chi connectivity index (χ4v) is 2.13. The molecular formula is C16H17N3O. The summed E-state index contributed by atoms with van der Waals surface area (Å²) in [5.74, 6) is 0.0899. The van der Waals surface area contributed by atoms with Crippen LogP contribution in [-0.2, 0) is 11.3 Å². The summed E-state index contributed by atoms with van der Waals surface area (Å²) in [7, 11) is 0. The second-order valence-electron chi connectivity index (χ2n) is 4.97. The van der Waals surface area contributed by atoms with Crippen molar-refractivity contribution in [2.24, 2.45) is 0 Å². The lowest BCUT2D eigenvalue weighted by Gasteiger charge is -2.29. The normalized spacial score (nSPS) is 14.5. The van der Waals surface area contributed by atoms with Crippen LogP contribution in [0, 0.1) is 0 Å². The monoisotopic (exact) mass is 267 g/mol. The predicted octanol–water partition coefficient (Wildman–Crippen LogP) is 2.18. The lowest BCUT2D eigenvalue weighted by atomic mass is 10.2. The number of rotatable bonds is 4. The molecule has 0 saturated carbocycles. The van der Waals surface area contributed by atoms with E-state index in [0.717, 1.165) is 31.6 Å². The van der Waals surface area contributed by atoms with E-state index in [1.807, 2.05) is 40.1 Å². The Bertz CT molecular complexity index is 612. The van der Waals surface area contributed by atoms with Gasteiger partial charge in [-0.25, -0.2) is 0 Å². The minimum Gasteiger partial charge on any atom is -0.339 e. The third-order valence-electron chi connectivity index (χ3n) is 3.43. The van der Waals surface area contributed by atoms with Crippen LogP contribution in [0.25, 0.3) is 6.08 Å². The van der Waals surface area contributed by atoms with Crippen LogP contribution in [0.3, 0.4) is 0 Å². The van der Waals surface area contributed by atoms with Crippen LogP contribution < -0.4 is 0 Å². The van der Waals surface area contributed by atoms with Crippen molar-refractivity contribution in [2.75, 3.05) is 13.1 Å². The summed E-state index contributed by atoms with van der Waals surface area (Å²) in [6.07, 6.45) is 8.31. The minimum atomic E-state index is 0.0899. The van der Waals surface area contributed by atoms with E-state index in [0.29, 0.717) is 0 Å². The highest BCUT2D eigenvalue weighted by Gasteiger charge is 2.17. The average molecular weight is 267 g/mol. The molecule has 1 fully saturated rings. The quantitative estimate of drug-likeness (QED) is 0.796. The number of hydrogen-bond donors (Lipinski definition) is 0. The molecule has 1 aliphatic rings. The first-order valence-corrected chi connectivity index (χ1v) is 6.85. The summed E-state index contributed by atoms with van der Waals surface area (Å²) in [6.45, 7) is 2.52. The molecule has 102 valence electrons. The van der Waals surface area contributed by atoms with Crippen LogP contribution >= 0.6 is 0 Å². The maximum absolute atomic E-state index is 11.7. The van der Waals surface area contributed by atoms with Crippen molar-refractivity contribution in [3.05, 3.63) is 59.9 Å². The predicted molar refractivity (Wildman–Crippen MR) is 78.0 cm³/mol. The topological polar surface area (TPSA) is 38.1 Å². The maximum Gasteiger partial charge on any atom is 0.246 e. The molecule has 4 heteroatoms. The summed E-state index contributed by atoms with van der Waals surface area (Å²) >= 11 is 0. The lowest BCUT2D eigenvalue weighted by molar-refractivity contribution is -0.129. The summed E-state index contributed by atoms with van der Waals surface area (Å²) < 4.78 is 1.88. The molecule has 1 amide bonds. The first-order valence-electron chi connectivity index (χ1n) is 6.85. The van der Waals surface area contributed by atoms with Crippen LogP contribution in [0.5, 0.6) is 0 Å². The number of aromatic nitrogens is 2. The molecule has 0 spiro atoms. The number of hydrogen-bond acceptors (Lipinski definition) is 2. The molecule has 20 heavy (non-hydrogen) atoms. The summed E-state index contributed by atoms with van der Waals surface area (Å²) in [6, 6.07) is 10.2. The number of nitrogens with zero attached hydrogens (tertiary/aromatic N) is 3. The third kappa shape index (κ3) is 2.96. The third-order valence-corrected chi connectivity index (χ3v) is 3.43. The first-order chi connectivity index (χ1) is 9.81. The summed E-state index contributed by atoms with van der Waals surface area (Å²) in [4.78, 5) is 13.5. The number of carbonyl (C=O) groups is 1. The average Bonchev–Trinajstić information content (AvgIpc) is 2.83. The van der Waals surface area contributed by atoms with Crippen molar-refractivity contribution in [3.63, 3.8) is 0 Å². The largest absolute Gasteiger partial charge is 0.339 e. The van der Waals surface area contributed by atoms with E-state index >= 15 is 0 Å². The van der Waals surface area contributed by atoms with E-state index in [-0.39, 0.29) is 5.91 Å². The van der Waals surface area contributed by atoms with Crippen LogP contribution in [0.4, 0.5) is 0 Å². The maximum atomic E-state index is 11.7. The van der Waals surface area contributed by atoms with E-state index in [4.69, 9.17) is 0 Å². The molecule has 2 aromatic rings. The van der Waals surface area contributed by atoms with Gasteiger partial charge in [0, 0.05) is 30.9 Å². The van der Waals surface area contributed by atoms with E-state index in [1.54, 1.807) is 12.3 Å². The number of benzene rings is 1. The standard InChI is InChI=1S/C16H17N3O/c20-16(18-9-4-10-18)8-7-15-11-17-19(13-15)12-14-5-2-1-3-6-14/h1-3,5-8,11,13H,4,9-10,12H2/b8-7+. The van der Waals surface area contributed by atoms with E-state index < -0.39 is 0 Å². The zero-order chi connectivity index (χ0) is 13.8. The highest BCUT2D eigenvalue weighted by atomic mass is 16.2. The van der Waals surface area contributed by atoms with Crippen LogP contribution in [0.1, 0.15) is 17.5 Å². The molecule has 0 bridgehead atoms. The molecule has 2 heterocycles.